The number of benzene rings is 1. The molecule has 130 valence electrons. The summed E-state index contributed by atoms with van der Waals surface area (Å²) in [5.41, 5.74) is 1.39. The summed E-state index contributed by atoms with van der Waals surface area (Å²) in [5.74, 6) is 1.73. The van der Waals surface area contributed by atoms with E-state index in [0.29, 0.717) is 29.6 Å². The molecule has 1 N–H and O–H groups in total. The maximum Gasteiger partial charge on any atom is 0.232 e. The normalized spacial score (nSPS) is 12.0. The molecule has 0 aliphatic carbocycles. The van der Waals surface area contributed by atoms with Crippen molar-refractivity contribution in [1.82, 2.24) is 10.3 Å². The van der Waals surface area contributed by atoms with Crippen LogP contribution in [-0.4, -0.2) is 34.5 Å². The summed E-state index contributed by atoms with van der Waals surface area (Å²) in [5, 5.41) is 2.72. The van der Waals surface area contributed by atoms with Crippen LogP contribution in [0.2, 0.25) is 0 Å². The first-order chi connectivity index (χ1) is 11.5. The van der Waals surface area contributed by atoms with E-state index in [9.17, 15) is 9.00 Å². The smallest absolute Gasteiger partial charge is 0.232 e. The van der Waals surface area contributed by atoms with Gasteiger partial charge < -0.3 is 14.5 Å². The molecule has 6 nitrogen and oxygen atoms in total. The summed E-state index contributed by atoms with van der Waals surface area (Å²) >= 11 is 0. The van der Waals surface area contributed by atoms with Crippen molar-refractivity contribution in [3.05, 3.63) is 35.7 Å². The van der Waals surface area contributed by atoms with Crippen LogP contribution in [0.5, 0.6) is 5.75 Å². The number of carbonyl (C=O) groups is 1. The molecule has 7 heteroatoms. The average molecular weight is 350 g/mol. The lowest BCUT2D eigenvalue weighted by Gasteiger charge is -2.02. The maximum atomic E-state index is 12.1. The molecular formula is C17H22N2O4S. The fourth-order valence-corrected chi connectivity index (χ4v) is 3.18. The molecule has 0 bridgehead atoms. The van der Waals surface area contributed by atoms with Gasteiger partial charge >= 0.3 is 0 Å². The molecule has 0 saturated heterocycles. The second-order valence-electron chi connectivity index (χ2n) is 5.33. The predicted molar refractivity (Wildman–Crippen MR) is 93.2 cm³/mol. The number of aryl methyl sites for hydroxylation is 1. The van der Waals surface area contributed by atoms with Crippen LogP contribution in [0, 0.1) is 6.92 Å². The number of oxazole rings is 1. The van der Waals surface area contributed by atoms with Gasteiger partial charge in [-0.3, -0.25) is 9.00 Å². The first-order valence-corrected chi connectivity index (χ1v) is 9.24. The lowest BCUT2D eigenvalue weighted by atomic mass is 10.2. The van der Waals surface area contributed by atoms with Crippen LogP contribution in [0.25, 0.3) is 11.5 Å². The molecule has 2 aromatic rings. The molecule has 24 heavy (non-hydrogen) atoms. The topological polar surface area (TPSA) is 81.4 Å². The molecule has 0 spiro atoms. The minimum atomic E-state index is -1.32. The molecule has 0 aliphatic rings. The summed E-state index contributed by atoms with van der Waals surface area (Å²) in [6.45, 7) is 4.34. The first kappa shape index (κ1) is 18.2. The van der Waals surface area contributed by atoms with Crippen LogP contribution >= 0.6 is 0 Å². The second kappa shape index (κ2) is 8.63. The average Bonchev–Trinajstić information content (AvgIpc) is 2.93. The Morgan fingerprint density at radius 2 is 2.21 bits per heavy atom. The van der Waals surface area contributed by atoms with E-state index in [1.54, 1.807) is 14.0 Å². The van der Waals surface area contributed by atoms with E-state index in [4.69, 9.17) is 9.15 Å². The van der Waals surface area contributed by atoms with Gasteiger partial charge in [0.2, 0.25) is 11.8 Å². The summed E-state index contributed by atoms with van der Waals surface area (Å²) in [4.78, 5) is 16.0. The molecule has 1 atom stereocenters. The number of rotatable bonds is 8. The molecule has 0 saturated carbocycles. The van der Waals surface area contributed by atoms with Crippen molar-refractivity contribution in [3.63, 3.8) is 0 Å². The van der Waals surface area contributed by atoms with E-state index in [1.165, 1.54) is 0 Å². The molecule has 1 aromatic carbocycles. The van der Waals surface area contributed by atoms with E-state index < -0.39 is 10.8 Å². The van der Waals surface area contributed by atoms with Gasteiger partial charge in [0.25, 0.3) is 0 Å². The Hall–Kier alpha value is -2.15. The van der Waals surface area contributed by atoms with E-state index in [-0.39, 0.29) is 17.4 Å². The zero-order valence-electron chi connectivity index (χ0n) is 14.1. The summed E-state index contributed by atoms with van der Waals surface area (Å²) in [6, 6.07) is 7.38. The molecule has 1 aromatic heterocycles. The van der Waals surface area contributed by atoms with Crippen LogP contribution in [-0.2, 0) is 21.3 Å². The first-order valence-electron chi connectivity index (χ1n) is 7.76. The molecule has 1 heterocycles. The Labute approximate surface area is 144 Å². The molecular weight excluding hydrogens is 328 g/mol. The fourth-order valence-electron chi connectivity index (χ4n) is 2.11. The van der Waals surface area contributed by atoms with E-state index in [2.05, 4.69) is 10.3 Å². The Morgan fingerprint density at radius 1 is 1.42 bits per heavy atom. The minimum absolute atomic E-state index is 0.0270. The highest BCUT2D eigenvalue weighted by Crippen LogP contribution is 2.25. The molecule has 0 radical (unpaired) electrons. The number of ether oxygens (including phenoxy) is 1. The highest BCUT2D eigenvalue weighted by Gasteiger charge is 2.16. The number of amides is 1. The van der Waals surface area contributed by atoms with Crippen LogP contribution in [0.15, 0.2) is 28.7 Å². The molecule has 0 aliphatic heterocycles. The standard InChI is InChI=1S/C17H22N2O4S/c1-4-8-18-16(20)11-24(21)10-15-12(2)23-17(19-15)13-6-5-7-14(9-13)22-3/h5-7,9H,4,8,10-11H2,1-3H3,(H,18,20)/t24-/m0/s1. The van der Waals surface area contributed by atoms with Gasteiger partial charge in [0.05, 0.1) is 18.6 Å². The zero-order chi connectivity index (χ0) is 17.5. The van der Waals surface area contributed by atoms with Crippen LogP contribution in [0.4, 0.5) is 0 Å². The number of hydrogen-bond donors (Lipinski definition) is 1. The number of nitrogens with zero attached hydrogens (tertiary/aromatic N) is 1. The van der Waals surface area contributed by atoms with Gasteiger partial charge in [0.15, 0.2) is 0 Å². The van der Waals surface area contributed by atoms with Gasteiger partial charge in [0.1, 0.15) is 17.3 Å². The van der Waals surface area contributed by atoms with E-state index in [0.717, 1.165) is 12.0 Å². The molecule has 0 fully saturated rings. The van der Waals surface area contributed by atoms with E-state index in [1.807, 2.05) is 31.2 Å². The number of nitrogens with one attached hydrogen (secondary N) is 1. The summed E-state index contributed by atoms with van der Waals surface area (Å²) in [6.07, 6.45) is 0.852. The molecule has 0 unspecified atom stereocenters. The quantitative estimate of drug-likeness (QED) is 0.791. The predicted octanol–water partition coefficient (Wildman–Crippen LogP) is 2.43. The fraction of sp³-hybridized carbons (Fsp3) is 0.412. The number of hydrogen-bond acceptors (Lipinski definition) is 5. The monoisotopic (exact) mass is 350 g/mol. The third-order valence-electron chi connectivity index (χ3n) is 3.37. The Balaban J connectivity index is 2.05. The Kier molecular flexibility index (Phi) is 6.54. The zero-order valence-corrected chi connectivity index (χ0v) is 14.9. The molecule has 2 rings (SSSR count). The lowest BCUT2D eigenvalue weighted by molar-refractivity contribution is -0.118. The van der Waals surface area contributed by atoms with Crippen molar-refractivity contribution in [2.24, 2.45) is 0 Å². The third kappa shape index (κ3) is 4.92. The second-order valence-corrected chi connectivity index (χ2v) is 6.79. The summed E-state index contributed by atoms with van der Waals surface area (Å²) < 4.78 is 23.0. The highest BCUT2D eigenvalue weighted by molar-refractivity contribution is 7.84. The minimum Gasteiger partial charge on any atom is -0.497 e. The van der Waals surface area contributed by atoms with Crippen molar-refractivity contribution >= 4 is 16.7 Å². The van der Waals surface area contributed by atoms with Gasteiger partial charge in [-0.15, -0.1) is 0 Å². The Bertz CT molecular complexity index is 727. The number of carbonyl (C=O) groups excluding carboxylic acids is 1. The van der Waals surface area contributed by atoms with Crippen molar-refractivity contribution in [2.75, 3.05) is 19.4 Å². The van der Waals surface area contributed by atoms with Crippen molar-refractivity contribution in [2.45, 2.75) is 26.0 Å². The maximum absolute atomic E-state index is 12.1. The SMILES string of the molecule is CCCNC(=O)C[S@@](=O)Cc1nc(-c2cccc(OC)c2)oc1C. The highest BCUT2D eigenvalue weighted by atomic mass is 32.2. The lowest BCUT2D eigenvalue weighted by Crippen LogP contribution is -2.29. The summed E-state index contributed by atoms with van der Waals surface area (Å²) in [7, 11) is 0.272. The largest absolute Gasteiger partial charge is 0.497 e. The Morgan fingerprint density at radius 3 is 2.92 bits per heavy atom. The van der Waals surface area contributed by atoms with Gasteiger partial charge in [0, 0.05) is 22.9 Å². The van der Waals surface area contributed by atoms with Gasteiger partial charge in [-0.05, 0) is 31.5 Å². The van der Waals surface area contributed by atoms with Crippen molar-refractivity contribution in [1.29, 1.82) is 0 Å². The van der Waals surface area contributed by atoms with E-state index >= 15 is 0 Å². The number of aromatic nitrogens is 1. The van der Waals surface area contributed by atoms with Crippen LogP contribution < -0.4 is 10.1 Å². The van der Waals surface area contributed by atoms with Gasteiger partial charge in [-0.1, -0.05) is 13.0 Å². The van der Waals surface area contributed by atoms with Crippen molar-refractivity contribution < 1.29 is 18.2 Å². The third-order valence-corrected chi connectivity index (χ3v) is 4.55. The van der Waals surface area contributed by atoms with Crippen molar-refractivity contribution in [3.8, 4) is 17.2 Å². The van der Waals surface area contributed by atoms with Crippen LogP contribution in [0.3, 0.4) is 0 Å². The van der Waals surface area contributed by atoms with Crippen LogP contribution in [0.1, 0.15) is 24.8 Å². The number of methoxy groups -OCH3 is 1. The van der Waals surface area contributed by atoms with Gasteiger partial charge in [-0.2, -0.15) is 0 Å². The van der Waals surface area contributed by atoms with Gasteiger partial charge in [-0.25, -0.2) is 4.98 Å². The molecule has 1 amide bonds.